The summed E-state index contributed by atoms with van der Waals surface area (Å²) in [4.78, 5) is 2.47. The summed E-state index contributed by atoms with van der Waals surface area (Å²) in [6.45, 7) is 8.14. The van der Waals surface area contributed by atoms with E-state index in [1.54, 1.807) is 11.8 Å². The Morgan fingerprint density at radius 1 is 1.10 bits per heavy atom. The number of halogens is 1. The van der Waals surface area contributed by atoms with E-state index in [9.17, 15) is 0 Å². The van der Waals surface area contributed by atoms with E-state index < -0.39 is 0 Å². The van der Waals surface area contributed by atoms with Gasteiger partial charge in [-0.25, -0.2) is 0 Å². The lowest BCUT2D eigenvalue weighted by molar-refractivity contribution is 0.726. The van der Waals surface area contributed by atoms with Gasteiger partial charge in [-0.3, -0.25) is 0 Å². The highest BCUT2D eigenvalue weighted by atomic mass is 35.5. The van der Waals surface area contributed by atoms with Crippen LogP contribution in [0, 0.1) is 13.8 Å². The smallest absolute Gasteiger partial charge is 0.0462 e. The highest BCUT2D eigenvalue weighted by Crippen LogP contribution is 2.33. The van der Waals surface area contributed by atoms with Gasteiger partial charge in [-0.05, 0) is 49.7 Å². The molecule has 2 aromatic rings. The van der Waals surface area contributed by atoms with Crippen LogP contribution in [0.25, 0.3) is 0 Å². The van der Waals surface area contributed by atoms with E-state index in [-0.39, 0.29) is 0 Å². The van der Waals surface area contributed by atoms with Crippen LogP contribution >= 0.6 is 23.4 Å². The number of hydrogen-bond acceptors (Lipinski definition) is 2. The molecular formula is C17H20ClNS. The Labute approximate surface area is 130 Å². The van der Waals surface area contributed by atoms with Crippen LogP contribution in [0.3, 0.4) is 0 Å². The molecule has 0 spiro atoms. The summed E-state index contributed by atoms with van der Waals surface area (Å²) in [7, 11) is 0. The predicted molar refractivity (Wildman–Crippen MR) is 88.9 cm³/mol. The topological polar surface area (TPSA) is 12.0 Å². The fourth-order valence-corrected chi connectivity index (χ4v) is 3.27. The molecule has 0 bridgehead atoms. The Balaban J connectivity index is 2.15. The third-order valence-corrected chi connectivity index (χ3v) is 4.67. The fourth-order valence-electron chi connectivity index (χ4n) is 2.04. The minimum atomic E-state index is 0.823. The average molecular weight is 306 g/mol. The molecule has 0 atom stereocenters. The monoisotopic (exact) mass is 305 g/mol. The van der Waals surface area contributed by atoms with Crippen molar-refractivity contribution in [1.29, 1.82) is 0 Å². The number of benzene rings is 2. The van der Waals surface area contributed by atoms with Gasteiger partial charge >= 0.3 is 0 Å². The molecule has 0 radical (unpaired) electrons. The third-order valence-electron chi connectivity index (χ3n) is 3.15. The van der Waals surface area contributed by atoms with Gasteiger partial charge in [0, 0.05) is 21.4 Å². The van der Waals surface area contributed by atoms with Crippen LogP contribution < -0.4 is 5.32 Å². The number of hydrogen-bond donors (Lipinski definition) is 1. The number of nitrogens with one attached hydrogen (secondary N) is 1. The van der Waals surface area contributed by atoms with E-state index in [0.29, 0.717) is 0 Å². The summed E-state index contributed by atoms with van der Waals surface area (Å²) in [5, 5.41) is 4.13. The molecular weight excluding hydrogens is 286 g/mol. The van der Waals surface area contributed by atoms with Gasteiger partial charge in [-0.1, -0.05) is 54.0 Å². The van der Waals surface area contributed by atoms with Crippen LogP contribution in [0.4, 0.5) is 0 Å². The molecule has 2 rings (SSSR count). The summed E-state index contributed by atoms with van der Waals surface area (Å²) in [5.74, 6) is 0. The molecule has 106 valence electrons. The number of aryl methyl sites for hydroxylation is 2. The van der Waals surface area contributed by atoms with E-state index in [0.717, 1.165) is 23.7 Å². The molecule has 0 unspecified atom stereocenters. The van der Waals surface area contributed by atoms with Gasteiger partial charge in [0.05, 0.1) is 0 Å². The molecule has 2 aromatic carbocycles. The lowest BCUT2D eigenvalue weighted by Gasteiger charge is -2.09. The largest absolute Gasteiger partial charge is 0.313 e. The van der Waals surface area contributed by atoms with Crippen LogP contribution in [0.15, 0.2) is 46.2 Å². The van der Waals surface area contributed by atoms with Gasteiger partial charge in [0.1, 0.15) is 0 Å². The first-order valence-corrected chi connectivity index (χ1v) is 8.04. The predicted octanol–water partition coefficient (Wildman–Crippen LogP) is 5.22. The zero-order chi connectivity index (χ0) is 14.5. The molecule has 3 heteroatoms. The SMILES string of the molecule is CCNCc1ccc(Sc2ccc(C)cc2C)cc1Cl. The summed E-state index contributed by atoms with van der Waals surface area (Å²) < 4.78 is 0. The fraction of sp³-hybridized carbons (Fsp3) is 0.294. The molecule has 0 amide bonds. The maximum absolute atomic E-state index is 6.34. The van der Waals surface area contributed by atoms with Crippen molar-refractivity contribution in [1.82, 2.24) is 5.32 Å². The molecule has 0 aliphatic rings. The first kappa shape index (κ1) is 15.4. The van der Waals surface area contributed by atoms with Crippen molar-refractivity contribution in [3.63, 3.8) is 0 Å². The van der Waals surface area contributed by atoms with Gasteiger partial charge < -0.3 is 5.32 Å². The highest BCUT2D eigenvalue weighted by Gasteiger charge is 2.05. The maximum atomic E-state index is 6.34. The molecule has 0 aromatic heterocycles. The quantitative estimate of drug-likeness (QED) is 0.813. The van der Waals surface area contributed by atoms with E-state index >= 15 is 0 Å². The van der Waals surface area contributed by atoms with Crippen LogP contribution in [-0.4, -0.2) is 6.54 Å². The summed E-state index contributed by atoms with van der Waals surface area (Å²) in [5.41, 5.74) is 3.76. The first-order valence-electron chi connectivity index (χ1n) is 6.84. The minimum absolute atomic E-state index is 0.823. The summed E-state index contributed by atoms with van der Waals surface area (Å²) in [6, 6.07) is 12.8. The normalized spacial score (nSPS) is 10.8. The lowest BCUT2D eigenvalue weighted by atomic mass is 10.2. The Bertz CT molecular complexity index is 596. The third kappa shape index (κ3) is 4.02. The van der Waals surface area contributed by atoms with Crippen molar-refractivity contribution in [2.75, 3.05) is 6.54 Å². The van der Waals surface area contributed by atoms with Gasteiger partial charge in [-0.2, -0.15) is 0 Å². The van der Waals surface area contributed by atoms with Gasteiger partial charge in [0.25, 0.3) is 0 Å². The van der Waals surface area contributed by atoms with E-state index in [1.807, 2.05) is 0 Å². The molecule has 1 N–H and O–H groups in total. The van der Waals surface area contributed by atoms with Crippen molar-refractivity contribution in [2.45, 2.75) is 37.1 Å². The second kappa shape index (κ2) is 7.16. The van der Waals surface area contributed by atoms with Crippen molar-refractivity contribution in [3.05, 3.63) is 58.1 Å². The van der Waals surface area contributed by atoms with Gasteiger partial charge in [0.2, 0.25) is 0 Å². The molecule has 1 nitrogen and oxygen atoms in total. The Kier molecular flexibility index (Phi) is 5.53. The highest BCUT2D eigenvalue weighted by molar-refractivity contribution is 7.99. The summed E-state index contributed by atoms with van der Waals surface area (Å²) in [6.07, 6.45) is 0. The Morgan fingerprint density at radius 3 is 2.55 bits per heavy atom. The molecule has 0 saturated carbocycles. The van der Waals surface area contributed by atoms with Gasteiger partial charge in [-0.15, -0.1) is 0 Å². The zero-order valence-corrected chi connectivity index (χ0v) is 13.7. The van der Waals surface area contributed by atoms with Crippen molar-refractivity contribution in [2.24, 2.45) is 0 Å². The maximum Gasteiger partial charge on any atom is 0.0462 e. The second-order valence-corrected chi connectivity index (χ2v) is 6.43. The summed E-state index contributed by atoms with van der Waals surface area (Å²) >= 11 is 8.11. The van der Waals surface area contributed by atoms with Crippen molar-refractivity contribution in [3.8, 4) is 0 Å². The minimum Gasteiger partial charge on any atom is -0.313 e. The van der Waals surface area contributed by atoms with Crippen LogP contribution in [0.1, 0.15) is 23.6 Å². The zero-order valence-electron chi connectivity index (χ0n) is 12.2. The Morgan fingerprint density at radius 2 is 1.90 bits per heavy atom. The molecule has 0 aliphatic carbocycles. The average Bonchev–Trinajstić information content (AvgIpc) is 2.41. The van der Waals surface area contributed by atoms with E-state index in [4.69, 9.17) is 11.6 Å². The van der Waals surface area contributed by atoms with Crippen LogP contribution in [0.2, 0.25) is 5.02 Å². The molecule has 0 fully saturated rings. The molecule has 0 aliphatic heterocycles. The van der Waals surface area contributed by atoms with Crippen molar-refractivity contribution >= 4 is 23.4 Å². The van der Waals surface area contributed by atoms with Crippen LogP contribution in [-0.2, 0) is 6.54 Å². The lowest BCUT2D eigenvalue weighted by Crippen LogP contribution is -2.11. The molecule has 0 heterocycles. The first-order chi connectivity index (χ1) is 9.60. The van der Waals surface area contributed by atoms with E-state index in [2.05, 4.69) is 62.5 Å². The van der Waals surface area contributed by atoms with E-state index in [1.165, 1.54) is 20.9 Å². The Hall–Kier alpha value is -0.960. The molecule has 0 saturated heterocycles. The molecule has 20 heavy (non-hydrogen) atoms. The standard InChI is InChI=1S/C17H20ClNS/c1-4-19-11-14-6-7-15(10-16(14)18)20-17-8-5-12(2)9-13(17)3/h5-10,19H,4,11H2,1-3H3. The van der Waals surface area contributed by atoms with Crippen LogP contribution in [0.5, 0.6) is 0 Å². The number of rotatable bonds is 5. The van der Waals surface area contributed by atoms with Crippen molar-refractivity contribution < 1.29 is 0 Å². The van der Waals surface area contributed by atoms with Gasteiger partial charge in [0.15, 0.2) is 0 Å². The second-order valence-electron chi connectivity index (χ2n) is 4.90.